The van der Waals surface area contributed by atoms with Gasteiger partial charge in [-0.15, -0.1) is 0 Å². The third kappa shape index (κ3) is 5.40. The van der Waals surface area contributed by atoms with Crippen LogP contribution in [0.1, 0.15) is 31.4 Å². The molecule has 5 nitrogen and oxygen atoms in total. The SMILES string of the molecule is CC[C@H](C)N1C(=O)S/C(=C/c2cc(Br)c(OCc3ccc(Cl)cc3Cl)c(OC)c2)C1=O. The quantitative estimate of drug-likeness (QED) is 0.345. The second-order valence-corrected chi connectivity index (χ2v) is 9.56. The number of methoxy groups -OCH3 is 1. The lowest BCUT2D eigenvalue weighted by molar-refractivity contribution is -0.124. The zero-order valence-electron chi connectivity index (χ0n) is 17.1. The summed E-state index contributed by atoms with van der Waals surface area (Å²) < 4.78 is 12.1. The van der Waals surface area contributed by atoms with Gasteiger partial charge >= 0.3 is 0 Å². The molecule has 0 spiro atoms. The van der Waals surface area contributed by atoms with E-state index in [0.717, 1.165) is 17.3 Å². The molecule has 1 aliphatic rings. The molecule has 0 bridgehead atoms. The number of carbonyl (C=O) groups is 2. The van der Waals surface area contributed by atoms with Crippen molar-refractivity contribution in [1.29, 1.82) is 0 Å². The molecule has 9 heteroatoms. The van der Waals surface area contributed by atoms with Gasteiger partial charge < -0.3 is 9.47 Å². The van der Waals surface area contributed by atoms with E-state index in [2.05, 4.69) is 15.9 Å². The van der Waals surface area contributed by atoms with Crippen LogP contribution in [0.4, 0.5) is 4.79 Å². The van der Waals surface area contributed by atoms with Gasteiger partial charge in [0.25, 0.3) is 11.1 Å². The third-order valence-corrected chi connectivity index (χ3v) is 6.85. The molecular weight excluding hydrogens is 525 g/mol. The molecule has 2 aromatic carbocycles. The largest absolute Gasteiger partial charge is 0.493 e. The summed E-state index contributed by atoms with van der Waals surface area (Å²) in [4.78, 5) is 26.6. The van der Waals surface area contributed by atoms with Crippen LogP contribution in [0, 0.1) is 0 Å². The van der Waals surface area contributed by atoms with Gasteiger partial charge in [-0.05, 0) is 76.9 Å². The van der Waals surface area contributed by atoms with Crippen molar-refractivity contribution in [2.24, 2.45) is 0 Å². The summed E-state index contributed by atoms with van der Waals surface area (Å²) in [6, 6.07) is 8.61. The van der Waals surface area contributed by atoms with Gasteiger partial charge in [-0.25, -0.2) is 0 Å². The molecule has 31 heavy (non-hydrogen) atoms. The van der Waals surface area contributed by atoms with E-state index in [9.17, 15) is 9.59 Å². The first-order chi connectivity index (χ1) is 14.7. The second kappa shape index (κ2) is 10.3. The number of amides is 2. The molecule has 1 heterocycles. The molecule has 0 saturated carbocycles. The van der Waals surface area contributed by atoms with E-state index >= 15 is 0 Å². The Morgan fingerprint density at radius 1 is 1.23 bits per heavy atom. The Hall–Kier alpha value is -1.67. The minimum Gasteiger partial charge on any atom is -0.493 e. The minimum absolute atomic E-state index is 0.143. The summed E-state index contributed by atoms with van der Waals surface area (Å²) in [5.41, 5.74) is 1.48. The van der Waals surface area contributed by atoms with Crippen LogP contribution in [0.2, 0.25) is 10.0 Å². The molecule has 0 aliphatic carbocycles. The molecule has 3 rings (SSSR count). The summed E-state index contributed by atoms with van der Waals surface area (Å²) in [5, 5.41) is 0.808. The van der Waals surface area contributed by atoms with Crippen LogP contribution in [0.25, 0.3) is 6.08 Å². The van der Waals surface area contributed by atoms with Gasteiger partial charge in [0.05, 0.1) is 16.5 Å². The van der Waals surface area contributed by atoms with Crippen LogP contribution >= 0.6 is 50.9 Å². The lowest BCUT2D eigenvalue weighted by Crippen LogP contribution is -2.36. The number of benzene rings is 2. The van der Waals surface area contributed by atoms with Gasteiger partial charge in [-0.2, -0.15) is 0 Å². The normalized spacial score (nSPS) is 16.2. The maximum absolute atomic E-state index is 12.7. The molecule has 2 amide bonds. The highest BCUT2D eigenvalue weighted by Gasteiger charge is 2.37. The van der Waals surface area contributed by atoms with Crippen molar-refractivity contribution in [3.8, 4) is 11.5 Å². The topological polar surface area (TPSA) is 55.8 Å². The standard InChI is InChI=1S/C22H20BrCl2NO4S/c1-4-12(2)26-21(27)19(31-22(26)28)9-13-7-16(23)20(18(8-13)29-3)30-11-14-5-6-15(24)10-17(14)25/h5-10,12H,4,11H2,1-3H3/b19-9+/t12-/m0/s1. The van der Waals surface area contributed by atoms with Gasteiger partial charge in [0.15, 0.2) is 11.5 Å². The maximum Gasteiger partial charge on any atom is 0.293 e. The lowest BCUT2D eigenvalue weighted by Gasteiger charge is -2.19. The number of ether oxygens (including phenoxy) is 2. The number of hydrogen-bond acceptors (Lipinski definition) is 5. The molecule has 0 aromatic heterocycles. The molecule has 1 aliphatic heterocycles. The summed E-state index contributed by atoms with van der Waals surface area (Å²) in [5.74, 6) is 0.697. The molecule has 1 atom stereocenters. The van der Waals surface area contributed by atoms with Crippen molar-refractivity contribution in [1.82, 2.24) is 4.90 Å². The van der Waals surface area contributed by atoms with Crippen LogP contribution in [0.3, 0.4) is 0 Å². The van der Waals surface area contributed by atoms with E-state index < -0.39 is 0 Å². The van der Waals surface area contributed by atoms with Crippen molar-refractivity contribution < 1.29 is 19.1 Å². The molecule has 2 aromatic rings. The fourth-order valence-corrected chi connectivity index (χ4v) is 4.91. The van der Waals surface area contributed by atoms with Crippen LogP contribution in [-0.4, -0.2) is 29.2 Å². The average molecular weight is 545 g/mol. The van der Waals surface area contributed by atoms with Crippen LogP contribution in [0.15, 0.2) is 39.7 Å². The zero-order valence-corrected chi connectivity index (χ0v) is 21.0. The van der Waals surface area contributed by atoms with Gasteiger partial charge in [-0.1, -0.05) is 36.2 Å². The van der Waals surface area contributed by atoms with Crippen LogP contribution < -0.4 is 9.47 Å². The fraction of sp³-hybridized carbons (Fsp3) is 0.273. The Morgan fingerprint density at radius 3 is 2.61 bits per heavy atom. The summed E-state index contributed by atoms with van der Waals surface area (Å²) in [6.45, 7) is 4.02. The number of thioether (sulfide) groups is 1. The van der Waals surface area contributed by atoms with E-state index in [-0.39, 0.29) is 23.8 Å². The highest BCUT2D eigenvalue weighted by Crippen LogP contribution is 2.40. The first kappa shape index (κ1) is 24.0. The Bertz CT molecular complexity index is 1060. The minimum atomic E-state index is -0.280. The number of hydrogen-bond donors (Lipinski definition) is 0. The Balaban J connectivity index is 1.85. The number of rotatable bonds is 7. The summed E-state index contributed by atoms with van der Waals surface area (Å²) in [7, 11) is 1.53. The third-order valence-electron chi connectivity index (χ3n) is 4.79. The van der Waals surface area contributed by atoms with Crippen molar-refractivity contribution in [3.63, 3.8) is 0 Å². The van der Waals surface area contributed by atoms with Gasteiger partial charge in [0, 0.05) is 21.7 Å². The number of nitrogens with zero attached hydrogens (tertiary/aromatic N) is 1. The number of halogens is 3. The zero-order chi connectivity index (χ0) is 22.7. The molecule has 0 radical (unpaired) electrons. The van der Waals surface area contributed by atoms with Crippen molar-refractivity contribution in [3.05, 3.63) is 60.9 Å². The molecule has 164 valence electrons. The Labute approximate surface area is 203 Å². The Kier molecular flexibility index (Phi) is 7.97. The lowest BCUT2D eigenvalue weighted by atomic mass is 10.1. The van der Waals surface area contributed by atoms with Gasteiger partial charge in [-0.3, -0.25) is 14.5 Å². The van der Waals surface area contributed by atoms with Crippen molar-refractivity contribution in [2.45, 2.75) is 32.9 Å². The predicted octanol–water partition coefficient (Wildman–Crippen LogP) is 7.18. The number of imide groups is 1. The van der Waals surface area contributed by atoms with Gasteiger partial charge in [0.2, 0.25) is 0 Å². The van der Waals surface area contributed by atoms with Crippen LogP contribution in [-0.2, 0) is 11.4 Å². The van der Waals surface area contributed by atoms with E-state index in [4.69, 9.17) is 32.7 Å². The van der Waals surface area contributed by atoms with E-state index in [1.807, 2.05) is 13.8 Å². The molecular formula is C22H20BrCl2NO4S. The molecule has 1 saturated heterocycles. The number of carbonyl (C=O) groups excluding carboxylic acids is 2. The predicted molar refractivity (Wildman–Crippen MR) is 129 cm³/mol. The van der Waals surface area contributed by atoms with E-state index in [1.165, 1.54) is 12.0 Å². The monoisotopic (exact) mass is 543 g/mol. The molecule has 1 fully saturated rings. The van der Waals surface area contributed by atoms with E-state index in [0.29, 0.717) is 42.9 Å². The molecule has 0 N–H and O–H groups in total. The first-order valence-corrected chi connectivity index (χ1v) is 11.8. The highest BCUT2D eigenvalue weighted by molar-refractivity contribution is 9.10. The Morgan fingerprint density at radius 2 is 1.97 bits per heavy atom. The molecule has 0 unspecified atom stereocenters. The fourth-order valence-electron chi connectivity index (χ4n) is 2.95. The van der Waals surface area contributed by atoms with Crippen molar-refractivity contribution >= 4 is 68.1 Å². The van der Waals surface area contributed by atoms with Crippen LogP contribution in [0.5, 0.6) is 11.5 Å². The smallest absolute Gasteiger partial charge is 0.293 e. The average Bonchev–Trinajstić information content (AvgIpc) is 3.00. The van der Waals surface area contributed by atoms with Gasteiger partial charge in [0.1, 0.15) is 6.61 Å². The van der Waals surface area contributed by atoms with Crippen molar-refractivity contribution in [2.75, 3.05) is 7.11 Å². The second-order valence-electron chi connectivity index (χ2n) is 6.87. The summed E-state index contributed by atoms with van der Waals surface area (Å²) in [6.07, 6.45) is 2.38. The van der Waals surface area contributed by atoms with E-state index in [1.54, 1.807) is 36.4 Å². The first-order valence-electron chi connectivity index (χ1n) is 9.46. The maximum atomic E-state index is 12.7. The summed E-state index contributed by atoms with van der Waals surface area (Å²) >= 11 is 16.6. The highest BCUT2D eigenvalue weighted by atomic mass is 79.9.